The van der Waals surface area contributed by atoms with E-state index in [0.717, 1.165) is 17.0 Å². The molecule has 2 aromatic rings. The van der Waals surface area contributed by atoms with Gasteiger partial charge in [0.1, 0.15) is 0 Å². The molecule has 0 unspecified atom stereocenters. The van der Waals surface area contributed by atoms with Gasteiger partial charge < -0.3 is 5.32 Å². The van der Waals surface area contributed by atoms with Crippen LogP contribution < -0.4 is 5.32 Å². The summed E-state index contributed by atoms with van der Waals surface area (Å²) in [6.45, 7) is 0.234. The van der Waals surface area contributed by atoms with Crippen LogP contribution in [0.1, 0.15) is 4.88 Å². The van der Waals surface area contributed by atoms with Crippen molar-refractivity contribution < 1.29 is 13.7 Å². The van der Waals surface area contributed by atoms with Gasteiger partial charge in [-0.15, -0.1) is 11.3 Å². The summed E-state index contributed by atoms with van der Waals surface area (Å²) in [5.41, 5.74) is -0.925. The summed E-state index contributed by atoms with van der Waals surface area (Å²) in [5.74, 6) is -2.37. The van der Waals surface area contributed by atoms with Gasteiger partial charge in [-0.05, 0) is 24.6 Å². The van der Waals surface area contributed by atoms with Crippen molar-refractivity contribution in [2.24, 2.45) is 0 Å². The number of anilines is 1. The largest absolute Gasteiger partial charge is 0.377 e. The van der Waals surface area contributed by atoms with Crippen LogP contribution in [0.5, 0.6) is 0 Å². The summed E-state index contributed by atoms with van der Waals surface area (Å²) >= 11 is 7.13. The molecule has 0 aliphatic heterocycles. The minimum atomic E-state index is -1.25. The van der Waals surface area contributed by atoms with E-state index >= 15 is 0 Å². The van der Waals surface area contributed by atoms with Crippen LogP contribution >= 0.6 is 22.9 Å². The van der Waals surface area contributed by atoms with Gasteiger partial charge in [0.15, 0.2) is 17.3 Å². The highest BCUT2D eigenvalue weighted by Gasteiger charge is 2.21. The van der Waals surface area contributed by atoms with E-state index in [1.165, 1.54) is 11.3 Å². The molecule has 0 atom stereocenters. The molecule has 0 spiro atoms. The fraction of sp³-hybridized carbons (Fsp3) is 0.167. The molecule has 1 N–H and O–H groups in total. The summed E-state index contributed by atoms with van der Waals surface area (Å²) in [6, 6.07) is 5.21. The molecule has 1 heterocycles. The highest BCUT2D eigenvalue weighted by atomic mass is 35.5. The van der Waals surface area contributed by atoms with Crippen LogP contribution in [0.15, 0.2) is 24.3 Å². The second-order valence-corrected chi connectivity index (χ2v) is 5.69. The van der Waals surface area contributed by atoms with E-state index in [2.05, 4.69) is 5.32 Å². The van der Waals surface area contributed by atoms with E-state index in [0.29, 0.717) is 10.8 Å². The average Bonchev–Trinajstić information content (AvgIpc) is 2.80. The van der Waals surface area contributed by atoms with Crippen molar-refractivity contribution >= 4 is 34.3 Å². The van der Waals surface area contributed by atoms with Gasteiger partial charge in [-0.3, -0.25) is 10.1 Å². The predicted molar refractivity (Wildman–Crippen MR) is 74.5 cm³/mol. The molecule has 8 heteroatoms. The fourth-order valence-corrected chi connectivity index (χ4v) is 2.74. The Kier molecular flexibility index (Phi) is 4.51. The first-order valence-electron chi connectivity index (χ1n) is 5.59. The lowest BCUT2D eigenvalue weighted by Crippen LogP contribution is -2.09. The molecule has 0 aliphatic carbocycles. The van der Waals surface area contributed by atoms with Gasteiger partial charge in [0.25, 0.3) is 5.69 Å². The van der Waals surface area contributed by atoms with Crippen LogP contribution in [0, 0.1) is 21.7 Å². The average molecular weight is 319 g/mol. The van der Waals surface area contributed by atoms with Gasteiger partial charge in [0.2, 0.25) is 0 Å². The quantitative estimate of drug-likeness (QED) is 0.662. The van der Waals surface area contributed by atoms with Gasteiger partial charge >= 0.3 is 0 Å². The van der Waals surface area contributed by atoms with Gasteiger partial charge in [-0.2, -0.15) is 0 Å². The predicted octanol–water partition coefficient (Wildman–Crippen LogP) is 4.24. The van der Waals surface area contributed by atoms with Gasteiger partial charge in [-0.1, -0.05) is 11.6 Å². The highest BCUT2D eigenvalue weighted by molar-refractivity contribution is 7.16. The van der Waals surface area contributed by atoms with E-state index < -0.39 is 27.9 Å². The molecular weight excluding hydrogens is 310 g/mol. The molecule has 1 aromatic carbocycles. The van der Waals surface area contributed by atoms with Crippen molar-refractivity contribution in [3.63, 3.8) is 0 Å². The Morgan fingerprint density at radius 3 is 2.65 bits per heavy atom. The van der Waals surface area contributed by atoms with Crippen molar-refractivity contribution in [1.29, 1.82) is 0 Å². The number of halogens is 3. The van der Waals surface area contributed by atoms with Crippen LogP contribution in [0.3, 0.4) is 0 Å². The minimum absolute atomic E-state index is 0.234. The molecule has 20 heavy (non-hydrogen) atoms. The first kappa shape index (κ1) is 14.7. The van der Waals surface area contributed by atoms with Crippen LogP contribution in [0.25, 0.3) is 0 Å². The van der Waals surface area contributed by atoms with Gasteiger partial charge in [-0.25, -0.2) is 8.78 Å². The third-order valence-electron chi connectivity index (χ3n) is 2.57. The van der Waals surface area contributed by atoms with Crippen LogP contribution in [-0.4, -0.2) is 11.5 Å². The van der Waals surface area contributed by atoms with Crippen LogP contribution in [-0.2, 0) is 6.42 Å². The van der Waals surface area contributed by atoms with E-state index in [1.807, 2.05) is 6.07 Å². The zero-order valence-electron chi connectivity index (χ0n) is 10.0. The Morgan fingerprint density at radius 1 is 1.30 bits per heavy atom. The standard InChI is InChI=1S/C12H9ClF2N2O2S/c13-10-4-1-7(20-10)5-6-16-12-9(17(18)19)3-2-8(14)11(12)15/h1-4,16H,5-6H2. The lowest BCUT2D eigenvalue weighted by molar-refractivity contribution is -0.384. The second-order valence-electron chi connectivity index (χ2n) is 3.90. The minimum Gasteiger partial charge on any atom is -0.377 e. The molecule has 0 amide bonds. The van der Waals surface area contributed by atoms with Crippen molar-refractivity contribution in [3.8, 4) is 0 Å². The maximum Gasteiger partial charge on any atom is 0.295 e. The zero-order chi connectivity index (χ0) is 14.7. The molecule has 0 saturated carbocycles. The number of nitro benzene ring substituents is 1. The van der Waals surface area contributed by atoms with Gasteiger partial charge in [0.05, 0.1) is 9.26 Å². The molecule has 2 rings (SSSR count). The lowest BCUT2D eigenvalue weighted by atomic mass is 10.2. The van der Waals surface area contributed by atoms with Crippen molar-refractivity contribution in [3.05, 3.63) is 55.2 Å². The van der Waals surface area contributed by atoms with E-state index in [-0.39, 0.29) is 6.54 Å². The van der Waals surface area contributed by atoms with E-state index in [4.69, 9.17) is 11.6 Å². The summed E-state index contributed by atoms with van der Waals surface area (Å²) in [6.07, 6.45) is 0.504. The topological polar surface area (TPSA) is 55.2 Å². The van der Waals surface area contributed by atoms with Crippen molar-refractivity contribution in [1.82, 2.24) is 0 Å². The lowest BCUT2D eigenvalue weighted by Gasteiger charge is -2.08. The number of thiophene rings is 1. The highest BCUT2D eigenvalue weighted by Crippen LogP contribution is 2.29. The second kappa shape index (κ2) is 6.15. The smallest absolute Gasteiger partial charge is 0.295 e. The number of hydrogen-bond acceptors (Lipinski definition) is 4. The van der Waals surface area contributed by atoms with Crippen molar-refractivity contribution in [2.75, 3.05) is 11.9 Å². The summed E-state index contributed by atoms with van der Waals surface area (Å²) in [7, 11) is 0. The molecule has 4 nitrogen and oxygen atoms in total. The molecule has 106 valence electrons. The van der Waals surface area contributed by atoms with Gasteiger partial charge in [0, 0.05) is 17.5 Å². The maximum absolute atomic E-state index is 13.6. The number of nitrogens with zero attached hydrogens (tertiary/aromatic N) is 1. The molecule has 0 bridgehead atoms. The molecule has 0 aliphatic rings. The molecular formula is C12H9ClF2N2O2S. The Bertz CT molecular complexity index is 648. The number of hydrogen-bond donors (Lipinski definition) is 1. The van der Waals surface area contributed by atoms with Crippen LogP contribution in [0.2, 0.25) is 4.34 Å². The third-order valence-corrected chi connectivity index (χ3v) is 3.86. The normalized spacial score (nSPS) is 10.6. The third kappa shape index (κ3) is 3.23. The Labute approximate surface area is 122 Å². The van der Waals surface area contributed by atoms with Crippen LogP contribution in [0.4, 0.5) is 20.2 Å². The number of benzene rings is 1. The Morgan fingerprint density at radius 2 is 2.05 bits per heavy atom. The summed E-state index contributed by atoms with van der Waals surface area (Å²) < 4.78 is 27.3. The SMILES string of the molecule is O=[N+]([O-])c1ccc(F)c(F)c1NCCc1ccc(Cl)s1. The maximum atomic E-state index is 13.6. The molecule has 0 saturated heterocycles. The summed E-state index contributed by atoms with van der Waals surface area (Å²) in [5, 5.41) is 13.4. The van der Waals surface area contributed by atoms with Crippen molar-refractivity contribution in [2.45, 2.75) is 6.42 Å². The van der Waals surface area contributed by atoms with E-state index in [9.17, 15) is 18.9 Å². The Hall–Kier alpha value is -1.73. The monoisotopic (exact) mass is 318 g/mol. The number of rotatable bonds is 5. The zero-order valence-corrected chi connectivity index (χ0v) is 11.6. The number of nitrogens with one attached hydrogen (secondary N) is 1. The summed E-state index contributed by atoms with van der Waals surface area (Å²) in [4.78, 5) is 11.0. The Balaban J connectivity index is 2.12. The molecule has 0 radical (unpaired) electrons. The number of nitro groups is 1. The van der Waals surface area contributed by atoms with E-state index in [1.54, 1.807) is 6.07 Å². The molecule has 1 aromatic heterocycles. The fourth-order valence-electron chi connectivity index (χ4n) is 1.66. The first-order valence-corrected chi connectivity index (χ1v) is 6.79. The first-order chi connectivity index (χ1) is 9.49. The molecule has 0 fully saturated rings.